The van der Waals surface area contributed by atoms with Crippen LogP contribution in [0.5, 0.6) is 5.88 Å². The summed E-state index contributed by atoms with van der Waals surface area (Å²) in [7, 11) is 1.50. The fourth-order valence-electron chi connectivity index (χ4n) is 1.58. The lowest BCUT2D eigenvalue weighted by molar-refractivity contribution is 0.0979. The molecule has 1 fully saturated rings. The van der Waals surface area contributed by atoms with Gasteiger partial charge in [0.2, 0.25) is 5.88 Å². The summed E-state index contributed by atoms with van der Waals surface area (Å²) in [6.07, 6.45) is 5.08. The maximum absolute atomic E-state index is 12.0. The summed E-state index contributed by atoms with van der Waals surface area (Å²) in [6.45, 7) is 0. The second-order valence-corrected chi connectivity index (χ2v) is 4.59. The van der Waals surface area contributed by atoms with Gasteiger partial charge in [0.15, 0.2) is 11.5 Å². The topological polar surface area (TPSA) is 52.1 Å². The van der Waals surface area contributed by atoms with Crippen LogP contribution in [0.4, 0.5) is 0 Å². The first-order valence-electron chi connectivity index (χ1n) is 4.83. The van der Waals surface area contributed by atoms with Crippen molar-refractivity contribution in [2.24, 2.45) is 0 Å². The van der Waals surface area contributed by atoms with Crippen LogP contribution in [0.15, 0.2) is 12.4 Å². The van der Waals surface area contributed by atoms with E-state index < -0.39 is 0 Å². The van der Waals surface area contributed by atoms with Crippen molar-refractivity contribution in [2.45, 2.75) is 18.1 Å². The maximum Gasteiger partial charge on any atom is 0.243 e. The van der Waals surface area contributed by atoms with E-state index in [-0.39, 0.29) is 11.0 Å². The summed E-state index contributed by atoms with van der Waals surface area (Å²) in [5.74, 6) is 1.43. The van der Waals surface area contributed by atoms with Gasteiger partial charge < -0.3 is 4.74 Å². The van der Waals surface area contributed by atoms with Crippen molar-refractivity contribution in [1.82, 2.24) is 9.97 Å². The molecule has 15 heavy (non-hydrogen) atoms. The van der Waals surface area contributed by atoms with E-state index >= 15 is 0 Å². The van der Waals surface area contributed by atoms with E-state index in [0.717, 1.165) is 18.6 Å². The van der Waals surface area contributed by atoms with Gasteiger partial charge in [-0.3, -0.25) is 4.79 Å². The molecule has 0 aliphatic carbocycles. The molecule has 1 atom stereocenters. The largest absolute Gasteiger partial charge is 0.479 e. The molecule has 5 heteroatoms. The quantitative estimate of drug-likeness (QED) is 0.729. The number of hydrogen-bond acceptors (Lipinski definition) is 5. The molecule has 0 radical (unpaired) electrons. The monoisotopic (exact) mass is 224 g/mol. The standard InChI is InChI=1S/C10H12N2O2S/c1-14-10-8(11-4-5-12-10)9(13)7-3-2-6-15-7/h4-5,7H,2-3,6H2,1H3. The van der Waals surface area contributed by atoms with Crippen molar-refractivity contribution in [1.29, 1.82) is 0 Å². The predicted molar refractivity (Wildman–Crippen MR) is 58.4 cm³/mol. The van der Waals surface area contributed by atoms with Crippen LogP contribution in [0.1, 0.15) is 23.3 Å². The highest BCUT2D eigenvalue weighted by Crippen LogP contribution is 2.30. The van der Waals surface area contributed by atoms with Gasteiger partial charge in [-0.25, -0.2) is 9.97 Å². The Balaban J connectivity index is 2.24. The number of hydrogen-bond donors (Lipinski definition) is 0. The molecule has 80 valence electrons. The van der Waals surface area contributed by atoms with E-state index in [4.69, 9.17) is 4.74 Å². The van der Waals surface area contributed by atoms with Gasteiger partial charge in [0.25, 0.3) is 0 Å². The number of Topliss-reactive ketones (excluding diaryl/α,β-unsaturated/α-hetero) is 1. The average molecular weight is 224 g/mol. The van der Waals surface area contributed by atoms with Crippen molar-refractivity contribution in [3.63, 3.8) is 0 Å². The third kappa shape index (κ3) is 2.12. The summed E-state index contributed by atoms with van der Waals surface area (Å²) >= 11 is 1.69. The van der Waals surface area contributed by atoms with Crippen molar-refractivity contribution in [2.75, 3.05) is 12.9 Å². The predicted octanol–water partition coefficient (Wildman–Crippen LogP) is 1.56. The molecule has 2 heterocycles. The number of aromatic nitrogens is 2. The van der Waals surface area contributed by atoms with Gasteiger partial charge in [0.1, 0.15) is 0 Å². The summed E-state index contributed by atoms with van der Waals surface area (Å²) in [4.78, 5) is 20.0. The third-order valence-electron chi connectivity index (χ3n) is 2.31. The van der Waals surface area contributed by atoms with Crippen LogP contribution < -0.4 is 4.74 Å². The van der Waals surface area contributed by atoms with Gasteiger partial charge in [0, 0.05) is 12.4 Å². The van der Waals surface area contributed by atoms with Gasteiger partial charge >= 0.3 is 0 Å². The van der Waals surface area contributed by atoms with Gasteiger partial charge in [-0.15, -0.1) is 0 Å². The normalized spacial score (nSPS) is 20.2. The molecular weight excluding hydrogens is 212 g/mol. The lowest BCUT2D eigenvalue weighted by Gasteiger charge is -2.08. The van der Waals surface area contributed by atoms with E-state index in [1.165, 1.54) is 19.5 Å². The van der Waals surface area contributed by atoms with Gasteiger partial charge in [0.05, 0.1) is 12.4 Å². The first kappa shape index (κ1) is 10.4. The molecule has 4 nitrogen and oxygen atoms in total. The molecule has 0 saturated carbocycles. The summed E-state index contributed by atoms with van der Waals surface area (Å²) in [6, 6.07) is 0. The van der Waals surface area contributed by atoms with Crippen LogP contribution in [0.25, 0.3) is 0 Å². The Hall–Kier alpha value is -1.10. The molecule has 0 bridgehead atoms. The summed E-state index contributed by atoms with van der Waals surface area (Å²) in [5, 5.41) is 0.0376. The van der Waals surface area contributed by atoms with Gasteiger partial charge in [-0.2, -0.15) is 11.8 Å². The third-order valence-corrected chi connectivity index (χ3v) is 3.69. The van der Waals surface area contributed by atoms with Crippen LogP contribution >= 0.6 is 11.8 Å². The van der Waals surface area contributed by atoms with Crippen LogP contribution in [0, 0.1) is 0 Å². The zero-order valence-corrected chi connectivity index (χ0v) is 9.29. The zero-order chi connectivity index (χ0) is 10.7. The number of ketones is 1. The van der Waals surface area contributed by atoms with Crippen molar-refractivity contribution >= 4 is 17.5 Å². The first-order chi connectivity index (χ1) is 7.33. The molecule has 1 aromatic rings. The smallest absolute Gasteiger partial charge is 0.243 e. The number of ether oxygens (including phenoxy) is 1. The molecule has 0 N–H and O–H groups in total. The van der Waals surface area contributed by atoms with E-state index in [0.29, 0.717) is 11.6 Å². The minimum Gasteiger partial charge on any atom is -0.479 e. The fourth-order valence-corrected chi connectivity index (χ4v) is 2.79. The van der Waals surface area contributed by atoms with Crippen LogP contribution in [-0.4, -0.2) is 33.9 Å². The fraction of sp³-hybridized carbons (Fsp3) is 0.500. The molecular formula is C10H12N2O2S. The molecule has 0 aromatic carbocycles. The van der Waals surface area contributed by atoms with Crippen LogP contribution in [0.3, 0.4) is 0 Å². The number of carbonyl (C=O) groups excluding carboxylic acids is 1. The number of thioether (sulfide) groups is 1. The Morgan fingerprint density at radius 2 is 2.33 bits per heavy atom. The Morgan fingerprint density at radius 3 is 3.00 bits per heavy atom. The Morgan fingerprint density at radius 1 is 1.53 bits per heavy atom. The van der Waals surface area contributed by atoms with E-state index in [1.54, 1.807) is 11.8 Å². The Labute approximate surface area is 92.5 Å². The lowest BCUT2D eigenvalue weighted by Crippen LogP contribution is -2.17. The Kier molecular flexibility index (Phi) is 3.20. The van der Waals surface area contributed by atoms with E-state index in [1.807, 2.05) is 0 Å². The second-order valence-electron chi connectivity index (χ2n) is 3.28. The summed E-state index contributed by atoms with van der Waals surface area (Å²) < 4.78 is 5.02. The second kappa shape index (κ2) is 4.61. The molecule has 1 unspecified atom stereocenters. The molecule has 0 spiro atoms. The van der Waals surface area contributed by atoms with E-state index in [2.05, 4.69) is 9.97 Å². The van der Waals surface area contributed by atoms with Gasteiger partial charge in [-0.1, -0.05) is 0 Å². The van der Waals surface area contributed by atoms with Crippen molar-refractivity contribution in [3.8, 4) is 5.88 Å². The molecule has 1 aliphatic rings. The zero-order valence-electron chi connectivity index (χ0n) is 8.47. The number of methoxy groups -OCH3 is 1. The average Bonchev–Trinajstić information content (AvgIpc) is 2.81. The highest BCUT2D eigenvalue weighted by molar-refractivity contribution is 8.00. The highest BCUT2D eigenvalue weighted by atomic mass is 32.2. The highest BCUT2D eigenvalue weighted by Gasteiger charge is 2.28. The molecule has 1 saturated heterocycles. The SMILES string of the molecule is COc1nccnc1C(=O)C1CCCS1. The van der Waals surface area contributed by atoms with Crippen LogP contribution in [0.2, 0.25) is 0 Å². The van der Waals surface area contributed by atoms with Crippen molar-refractivity contribution in [3.05, 3.63) is 18.1 Å². The molecule has 2 rings (SSSR count). The van der Waals surface area contributed by atoms with E-state index in [9.17, 15) is 4.79 Å². The van der Waals surface area contributed by atoms with Crippen LogP contribution in [-0.2, 0) is 0 Å². The summed E-state index contributed by atoms with van der Waals surface area (Å²) in [5.41, 5.74) is 0.361. The van der Waals surface area contributed by atoms with Crippen molar-refractivity contribution < 1.29 is 9.53 Å². The number of rotatable bonds is 3. The Bertz CT molecular complexity index is 364. The molecule has 1 aliphatic heterocycles. The lowest BCUT2D eigenvalue weighted by atomic mass is 10.1. The molecule has 0 amide bonds. The maximum atomic E-state index is 12.0. The molecule has 1 aromatic heterocycles. The van der Waals surface area contributed by atoms with Gasteiger partial charge in [-0.05, 0) is 18.6 Å². The minimum atomic E-state index is 0.0376. The number of carbonyl (C=O) groups is 1. The first-order valence-corrected chi connectivity index (χ1v) is 5.88. The minimum absolute atomic E-state index is 0.0376. The number of nitrogens with zero attached hydrogens (tertiary/aromatic N) is 2.